The molecule has 0 spiro atoms. The molecule has 40 heavy (non-hydrogen) atoms. The first-order valence-corrected chi connectivity index (χ1v) is 20.5. The molecule has 0 saturated heterocycles. The fraction of sp³-hybridized carbons (Fsp3) is 0.972. The van der Waals surface area contributed by atoms with Crippen LogP contribution in [0.3, 0.4) is 0 Å². The third kappa shape index (κ3) is 50.3. The van der Waals surface area contributed by atoms with E-state index in [4.69, 9.17) is 5.11 Å². The van der Waals surface area contributed by atoms with Crippen LogP contribution in [0.25, 0.3) is 0 Å². The summed E-state index contributed by atoms with van der Waals surface area (Å²) in [6.45, 7) is 17.4. The third-order valence-electron chi connectivity index (χ3n) is 8.05. The minimum Gasteiger partial charge on any atom is -1.00 e. The van der Waals surface area contributed by atoms with Crippen molar-refractivity contribution in [3.8, 4) is 0 Å². The Morgan fingerprint density at radius 3 is 1.07 bits per heavy atom. The Labute approximate surface area is 317 Å². The van der Waals surface area contributed by atoms with E-state index in [0.717, 1.165) is 12.8 Å². The molecule has 0 rings (SSSR count). The van der Waals surface area contributed by atoms with Gasteiger partial charge in [-0.1, -0.05) is 199 Å². The van der Waals surface area contributed by atoms with E-state index in [1.54, 1.807) is 35.1 Å². The molecule has 1 atom stereocenters. The predicted octanol–water partition coefficient (Wildman–Crippen LogP) is 10.2. The number of aliphatic hydroxyl groups excluding tert-OH is 1. The molecule has 236 valence electrons. The number of unbranched alkanes of at least 4 members (excludes halogenated alkanes) is 17. The van der Waals surface area contributed by atoms with Crippen LogP contribution in [0.2, 0.25) is 15.8 Å². The Hall–Kier alpha value is 2.66. The maximum atomic E-state index is 8.75. The average Bonchev–Trinajstić information content (AvgIpc) is 2.95. The summed E-state index contributed by atoms with van der Waals surface area (Å²) in [4.78, 5) is 0. The third-order valence-corrected chi connectivity index (χ3v) is 11.7. The van der Waals surface area contributed by atoms with Crippen molar-refractivity contribution in [3.63, 3.8) is 0 Å². The topological polar surface area (TPSA) is 20.2 Å². The van der Waals surface area contributed by atoms with Crippen LogP contribution in [0.4, 0.5) is 0 Å². The van der Waals surface area contributed by atoms with Gasteiger partial charge in [0, 0.05) is 6.61 Å². The second-order valence-corrected chi connectivity index (χ2v) is 15.5. The van der Waals surface area contributed by atoms with Crippen LogP contribution >= 0.6 is 0 Å². The van der Waals surface area contributed by atoms with Gasteiger partial charge in [0.1, 0.15) is 0 Å². The van der Waals surface area contributed by atoms with E-state index in [-0.39, 0.29) is 70.6 Å². The SMILES string of the molecule is CCCCC(CC)CO.CCCCCCC[CH2][Al]([CH2]CCCCCCC)[CH2]CCCCCCC.[Ba+2].[CH2-]CCC.[H-].[H-].[Li+]. The molecule has 0 aromatic heterocycles. The van der Waals surface area contributed by atoms with Crippen molar-refractivity contribution < 1.29 is 26.8 Å². The monoisotopic (exact) mass is 701 g/mol. The molecule has 0 aromatic rings. The second kappa shape index (κ2) is 51.2. The van der Waals surface area contributed by atoms with Gasteiger partial charge < -0.3 is 14.9 Å². The van der Waals surface area contributed by atoms with E-state index in [9.17, 15) is 0 Å². The minimum atomic E-state index is -0.410. The minimum absolute atomic E-state index is 0. The van der Waals surface area contributed by atoms with Crippen LogP contribution in [-0.2, 0) is 0 Å². The molecule has 1 unspecified atom stereocenters. The number of aliphatic hydroxyl groups is 1. The molecule has 0 aromatic carbocycles. The predicted molar refractivity (Wildman–Crippen MR) is 189 cm³/mol. The molecule has 0 fully saturated rings. The molecule has 0 heterocycles. The van der Waals surface area contributed by atoms with Crippen molar-refractivity contribution in [2.24, 2.45) is 5.92 Å². The van der Waals surface area contributed by atoms with Crippen molar-refractivity contribution in [1.82, 2.24) is 0 Å². The summed E-state index contributed by atoms with van der Waals surface area (Å²) in [6.07, 6.45) is 33.8. The van der Waals surface area contributed by atoms with E-state index < -0.39 is 14.1 Å². The van der Waals surface area contributed by atoms with Crippen molar-refractivity contribution in [2.75, 3.05) is 6.61 Å². The number of hydrogen-bond donors (Lipinski definition) is 1. The van der Waals surface area contributed by atoms with Gasteiger partial charge in [0.05, 0.1) is 0 Å². The van der Waals surface area contributed by atoms with E-state index in [1.807, 2.05) is 0 Å². The van der Waals surface area contributed by atoms with Crippen LogP contribution in [0.15, 0.2) is 0 Å². The molecule has 4 heteroatoms. The summed E-state index contributed by atoms with van der Waals surface area (Å²) >= 11 is -0.410. The van der Waals surface area contributed by atoms with E-state index in [0.29, 0.717) is 12.5 Å². The zero-order valence-electron chi connectivity index (χ0n) is 31.8. The Balaban J connectivity index is -0.000000121. The molecular weight excluding hydrogens is 620 g/mol. The van der Waals surface area contributed by atoms with Crippen LogP contribution < -0.4 is 18.9 Å². The summed E-state index contributed by atoms with van der Waals surface area (Å²) in [6, 6.07) is 0. The smallest absolute Gasteiger partial charge is 1.00 e. The Kier molecular flexibility index (Phi) is 66.9. The van der Waals surface area contributed by atoms with E-state index in [1.165, 1.54) is 122 Å². The summed E-state index contributed by atoms with van der Waals surface area (Å²) in [5.41, 5.74) is 0. The largest absolute Gasteiger partial charge is 2.00 e. The molecule has 0 aliphatic heterocycles. The standard InChI is InChI=1S/C8H18O.3C8H17.C4H9.Al.Ba.Li.2H/c1-3-5-6-8(4-2)7-9;3*1-3-5-7-8-6-4-2;1-3-4-2;;;;;/h8-9H,3-7H2,1-2H3;3*1,3-8H2,2H3;1,3-4H2,2H3;;;;;/q;;;;-1;;+2;+1;2*-1. The van der Waals surface area contributed by atoms with Crippen LogP contribution in [-0.4, -0.2) is 74.7 Å². The second-order valence-electron chi connectivity index (χ2n) is 12.0. The summed E-state index contributed by atoms with van der Waals surface area (Å²) in [7, 11) is 0. The molecule has 0 aliphatic rings. The van der Waals surface area contributed by atoms with Crippen LogP contribution in [0.5, 0.6) is 0 Å². The molecule has 0 bridgehead atoms. The zero-order chi connectivity index (χ0) is 29.0. The van der Waals surface area contributed by atoms with E-state index >= 15 is 0 Å². The van der Waals surface area contributed by atoms with Gasteiger partial charge >= 0.3 is 67.7 Å². The summed E-state index contributed by atoms with van der Waals surface area (Å²) < 4.78 is 0. The maximum absolute atomic E-state index is 8.75. The normalized spacial score (nSPS) is 10.8. The maximum Gasteiger partial charge on any atom is 2.00 e. The first-order valence-electron chi connectivity index (χ1n) is 18.0. The van der Waals surface area contributed by atoms with Gasteiger partial charge in [0.25, 0.3) is 14.1 Å². The van der Waals surface area contributed by atoms with Crippen molar-refractivity contribution in [1.29, 1.82) is 0 Å². The Bertz CT molecular complexity index is 340. The fourth-order valence-corrected chi connectivity index (χ4v) is 8.45. The van der Waals surface area contributed by atoms with Gasteiger partial charge in [0.15, 0.2) is 0 Å². The van der Waals surface area contributed by atoms with Crippen molar-refractivity contribution in [2.45, 2.75) is 211 Å². The van der Waals surface area contributed by atoms with Gasteiger partial charge in [-0.25, -0.2) is 0 Å². The van der Waals surface area contributed by atoms with Crippen molar-refractivity contribution >= 4 is 63.0 Å². The fourth-order valence-electron chi connectivity index (χ4n) is 4.99. The molecule has 0 saturated carbocycles. The Morgan fingerprint density at radius 2 is 0.825 bits per heavy atom. The molecular formula is C36H80AlBaLiO. The first kappa shape index (κ1) is 52.2. The van der Waals surface area contributed by atoms with Gasteiger partial charge in [-0.3, -0.25) is 0 Å². The van der Waals surface area contributed by atoms with Gasteiger partial charge in [-0.15, -0.1) is 0 Å². The molecule has 1 nitrogen and oxygen atoms in total. The number of hydrogen-bond acceptors (Lipinski definition) is 1. The van der Waals surface area contributed by atoms with Crippen LogP contribution in [0, 0.1) is 12.8 Å². The molecule has 0 amide bonds. The first-order chi connectivity index (χ1) is 18.6. The van der Waals surface area contributed by atoms with Crippen LogP contribution in [0.1, 0.15) is 198 Å². The van der Waals surface area contributed by atoms with E-state index in [2.05, 4.69) is 48.5 Å². The quantitative estimate of drug-likeness (QED) is 0.0514. The molecule has 0 aliphatic carbocycles. The summed E-state index contributed by atoms with van der Waals surface area (Å²) in [5.74, 6) is 0.560. The summed E-state index contributed by atoms with van der Waals surface area (Å²) in [5, 5.41) is 13.7. The average molecular weight is 700 g/mol. The Morgan fingerprint density at radius 1 is 0.525 bits per heavy atom. The molecule has 0 radical (unpaired) electrons. The van der Waals surface area contributed by atoms with Crippen molar-refractivity contribution in [3.05, 3.63) is 6.92 Å². The van der Waals surface area contributed by atoms with Gasteiger partial charge in [0.2, 0.25) is 0 Å². The van der Waals surface area contributed by atoms with Gasteiger partial charge in [-0.05, 0) is 12.3 Å². The van der Waals surface area contributed by atoms with Gasteiger partial charge in [-0.2, -0.15) is 6.42 Å². The molecule has 1 N–H and O–H groups in total. The number of rotatable bonds is 27. The zero-order valence-corrected chi connectivity index (χ0v) is 35.4.